The molecule has 1 fully saturated rings. The van der Waals surface area contributed by atoms with Crippen LogP contribution in [0, 0.1) is 0 Å². The summed E-state index contributed by atoms with van der Waals surface area (Å²) in [6.07, 6.45) is 10.3. The lowest BCUT2D eigenvalue weighted by molar-refractivity contribution is -0.567. The number of nitrogens with two attached hydrogens (primary N) is 2. The molecule has 0 unspecified atom stereocenters. The number of carbonyl (C=O) groups is 1. The molecule has 0 radical (unpaired) electrons. The van der Waals surface area contributed by atoms with Gasteiger partial charge in [-0.25, -0.2) is 0 Å². The SMILES string of the molecule is NC(N)=NC(=O)[n+]1ccc2c3c(n(C4CCOCC4)c2c1)CCCC3. The molecule has 7 heteroatoms. The number of aliphatic imine (C=N–C) groups is 1. The maximum Gasteiger partial charge on any atom is 0.547 e. The Morgan fingerprint density at radius 2 is 2.00 bits per heavy atom. The van der Waals surface area contributed by atoms with E-state index in [4.69, 9.17) is 16.2 Å². The van der Waals surface area contributed by atoms with Crippen LogP contribution in [0.4, 0.5) is 4.79 Å². The monoisotopic (exact) mass is 342 g/mol. The van der Waals surface area contributed by atoms with Crippen LogP contribution >= 0.6 is 0 Å². The zero-order valence-corrected chi connectivity index (χ0v) is 14.3. The van der Waals surface area contributed by atoms with Crippen LogP contribution in [0.5, 0.6) is 0 Å². The summed E-state index contributed by atoms with van der Waals surface area (Å²) >= 11 is 0. The number of guanidine groups is 1. The fourth-order valence-corrected chi connectivity index (χ4v) is 4.17. The molecule has 1 amide bonds. The van der Waals surface area contributed by atoms with Crippen LogP contribution in [0.1, 0.15) is 43.0 Å². The Hall–Kier alpha value is -2.41. The zero-order chi connectivity index (χ0) is 17.4. The second-order valence-electron chi connectivity index (χ2n) is 6.82. The van der Waals surface area contributed by atoms with E-state index in [1.807, 2.05) is 12.3 Å². The number of fused-ring (bicyclic) bond motifs is 3. The van der Waals surface area contributed by atoms with Gasteiger partial charge in [-0.15, -0.1) is 0 Å². The Labute approximate surface area is 146 Å². The second kappa shape index (κ2) is 6.48. The van der Waals surface area contributed by atoms with Crippen molar-refractivity contribution in [3.8, 4) is 0 Å². The van der Waals surface area contributed by atoms with Crippen LogP contribution in [-0.4, -0.2) is 29.8 Å². The first-order valence-corrected chi connectivity index (χ1v) is 8.94. The van der Waals surface area contributed by atoms with Gasteiger partial charge in [-0.3, -0.25) is 0 Å². The van der Waals surface area contributed by atoms with Crippen LogP contribution in [0.25, 0.3) is 10.9 Å². The first-order chi connectivity index (χ1) is 12.1. The van der Waals surface area contributed by atoms with E-state index in [-0.39, 0.29) is 5.96 Å². The van der Waals surface area contributed by atoms with Gasteiger partial charge in [0.2, 0.25) is 0 Å². The predicted molar refractivity (Wildman–Crippen MR) is 94.5 cm³/mol. The van der Waals surface area contributed by atoms with Crippen LogP contribution in [-0.2, 0) is 17.6 Å². The largest absolute Gasteiger partial charge is 0.547 e. The molecule has 3 heterocycles. The molecule has 4 rings (SSSR count). The van der Waals surface area contributed by atoms with Crippen molar-refractivity contribution in [2.45, 2.75) is 44.6 Å². The van der Waals surface area contributed by atoms with Gasteiger partial charge in [0, 0.05) is 35.3 Å². The van der Waals surface area contributed by atoms with Crippen LogP contribution in [0.2, 0.25) is 0 Å². The van der Waals surface area contributed by atoms with Gasteiger partial charge in [-0.2, -0.15) is 9.36 Å². The van der Waals surface area contributed by atoms with E-state index in [1.54, 1.807) is 6.20 Å². The third-order valence-corrected chi connectivity index (χ3v) is 5.25. The first kappa shape index (κ1) is 16.1. The lowest BCUT2D eigenvalue weighted by Gasteiger charge is -2.27. The molecule has 0 aromatic carbocycles. The minimum absolute atomic E-state index is 0.225. The predicted octanol–water partition coefficient (Wildman–Crippen LogP) is 1.40. The molecule has 0 spiro atoms. The van der Waals surface area contributed by atoms with Crippen molar-refractivity contribution in [1.29, 1.82) is 0 Å². The molecule has 0 saturated carbocycles. The first-order valence-electron chi connectivity index (χ1n) is 8.94. The summed E-state index contributed by atoms with van der Waals surface area (Å²) in [4.78, 5) is 15.9. The molecule has 2 aliphatic rings. The van der Waals surface area contributed by atoms with E-state index >= 15 is 0 Å². The fraction of sp³-hybridized carbons (Fsp3) is 0.500. The highest BCUT2D eigenvalue weighted by Crippen LogP contribution is 2.36. The van der Waals surface area contributed by atoms with Crippen molar-refractivity contribution >= 4 is 22.9 Å². The number of amides is 1. The molecule has 1 aliphatic carbocycles. The van der Waals surface area contributed by atoms with Crippen LogP contribution < -0.4 is 16.0 Å². The highest BCUT2D eigenvalue weighted by Gasteiger charge is 2.27. The molecule has 0 atom stereocenters. The fourth-order valence-electron chi connectivity index (χ4n) is 4.17. The molecule has 132 valence electrons. The molecule has 2 aromatic rings. The second-order valence-corrected chi connectivity index (χ2v) is 6.82. The van der Waals surface area contributed by atoms with E-state index < -0.39 is 6.03 Å². The normalized spacial score (nSPS) is 18.1. The van der Waals surface area contributed by atoms with E-state index in [1.165, 1.54) is 34.1 Å². The van der Waals surface area contributed by atoms with Crippen LogP contribution in [0.15, 0.2) is 23.5 Å². The standard InChI is InChI=1S/C18H23N5O2/c19-17(20)21-18(24)22-8-5-14-13-3-1-2-4-15(13)23(16(14)11-22)12-6-9-25-10-7-12/h5,8,11-12H,1-4,6-7,9-10H2,(H3-,19,20,21,24)/p+1. The van der Waals surface area contributed by atoms with Gasteiger partial charge in [0.05, 0.1) is 5.52 Å². The summed E-state index contributed by atoms with van der Waals surface area (Å²) in [5.41, 5.74) is 14.7. The van der Waals surface area contributed by atoms with Crippen molar-refractivity contribution in [2.75, 3.05) is 13.2 Å². The molecule has 2 aromatic heterocycles. The summed E-state index contributed by atoms with van der Waals surface area (Å²) in [6, 6.07) is 1.97. The van der Waals surface area contributed by atoms with Gasteiger partial charge in [0.25, 0.3) is 0 Å². The lowest BCUT2D eigenvalue weighted by Crippen LogP contribution is -2.42. The van der Waals surface area contributed by atoms with E-state index in [9.17, 15) is 4.79 Å². The van der Waals surface area contributed by atoms with Gasteiger partial charge in [0.15, 0.2) is 0 Å². The Balaban J connectivity index is 1.87. The molecule has 7 nitrogen and oxygen atoms in total. The number of aromatic nitrogens is 2. The minimum atomic E-state index is -0.473. The smallest absolute Gasteiger partial charge is 0.381 e. The number of ether oxygens (including phenoxy) is 1. The summed E-state index contributed by atoms with van der Waals surface area (Å²) < 4.78 is 9.45. The third kappa shape index (κ3) is 2.89. The van der Waals surface area contributed by atoms with Crippen LogP contribution in [0.3, 0.4) is 0 Å². The molecule has 1 aliphatic heterocycles. The summed E-state index contributed by atoms with van der Waals surface area (Å²) in [7, 11) is 0. The molecule has 0 bridgehead atoms. The van der Waals surface area contributed by atoms with Crippen molar-refractivity contribution in [1.82, 2.24) is 4.57 Å². The maximum absolute atomic E-state index is 12.2. The van der Waals surface area contributed by atoms with Crippen molar-refractivity contribution in [3.05, 3.63) is 29.7 Å². The Bertz CT molecular complexity index is 845. The number of hydrogen-bond acceptors (Lipinski definition) is 2. The average Bonchev–Trinajstić information content (AvgIpc) is 2.95. The Morgan fingerprint density at radius 3 is 2.76 bits per heavy atom. The molecule has 1 saturated heterocycles. The highest BCUT2D eigenvalue weighted by atomic mass is 16.5. The topological polar surface area (TPSA) is 99.5 Å². The number of rotatable bonds is 1. The van der Waals surface area contributed by atoms with Crippen molar-refractivity contribution < 1.29 is 14.1 Å². The Morgan fingerprint density at radius 1 is 1.24 bits per heavy atom. The van der Waals surface area contributed by atoms with Gasteiger partial charge in [-0.1, -0.05) is 0 Å². The molecular formula is C18H24N5O2+. The Kier molecular flexibility index (Phi) is 4.17. The molecule has 4 N–H and O–H groups in total. The quantitative estimate of drug-likeness (QED) is 0.465. The number of hydrogen-bond donors (Lipinski definition) is 2. The zero-order valence-electron chi connectivity index (χ0n) is 14.3. The number of nitrogens with zero attached hydrogens (tertiary/aromatic N) is 3. The maximum atomic E-state index is 12.2. The van der Waals surface area contributed by atoms with E-state index in [2.05, 4.69) is 9.56 Å². The molecule has 25 heavy (non-hydrogen) atoms. The minimum Gasteiger partial charge on any atom is -0.381 e. The van der Waals surface area contributed by atoms with Crippen molar-refractivity contribution in [3.63, 3.8) is 0 Å². The molecular weight excluding hydrogens is 318 g/mol. The van der Waals surface area contributed by atoms with Gasteiger partial charge >= 0.3 is 12.0 Å². The van der Waals surface area contributed by atoms with E-state index in [0.29, 0.717) is 6.04 Å². The van der Waals surface area contributed by atoms with Gasteiger partial charge < -0.3 is 20.8 Å². The summed E-state index contributed by atoms with van der Waals surface area (Å²) in [5, 5.41) is 1.25. The number of pyridine rings is 1. The van der Waals surface area contributed by atoms with Crippen molar-refractivity contribution in [2.24, 2.45) is 16.5 Å². The number of aryl methyl sites for hydroxylation is 1. The average molecular weight is 342 g/mol. The summed E-state index contributed by atoms with van der Waals surface area (Å²) in [5.74, 6) is -0.225. The van der Waals surface area contributed by atoms with Gasteiger partial charge in [0.1, 0.15) is 12.4 Å². The van der Waals surface area contributed by atoms with E-state index in [0.717, 1.165) is 44.4 Å². The number of carbonyl (C=O) groups excluding carboxylic acids is 1. The highest BCUT2D eigenvalue weighted by molar-refractivity contribution is 5.88. The lowest BCUT2D eigenvalue weighted by atomic mass is 9.95. The third-order valence-electron chi connectivity index (χ3n) is 5.25. The van der Waals surface area contributed by atoms with Gasteiger partial charge in [-0.05, 0) is 50.2 Å². The summed E-state index contributed by atoms with van der Waals surface area (Å²) in [6.45, 7) is 1.58.